The van der Waals surface area contributed by atoms with Crippen LogP contribution in [0.1, 0.15) is 19.4 Å². The molecule has 1 aliphatic rings. The van der Waals surface area contributed by atoms with Crippen molar-refractivity contribution in [2.24, 2.45) is 0 Å². The van der Waals surface area contributed by atoms with Crippen LogP contribution in [0.2, 0.25) is 0 Å². The summed E-state index contributed by atoms with van der Waals surface area (Å²) in [6, 6.07) is 12.6. The van der Waals surface area contributed by atoms with Crippen molar-refractivity contribution in [3.05, 3.63) is 64.8 Å². The van der Waals surface area contributed by atoms with Crippen LogP contribution in [0.3, 0.4) is 0 Å². The van der Waals surface area contributed by atoms with E-state index >= 15 is 0 Å². The van der Waals surface area contributed by atoms with Gasteiger partial charge < -0.3 is 13.7 Å². The summed E-state index contributed by atoms with van der Waals surface area (Å²) < 4.78 is 7.65. The Morgan fingerprint density at radius 2 is 1.80 bits per heavy atom. The van der Waals surface area contributed by atoms with Crippen molar-refractivity contribution in [3.63, 3.8) is 0 Å². The lowest BCUT2D eigenvalue weighted by Gasteiger charge is -2.38. The molecule has 6 heteroatoms. The van der Waals surface area contributed by atoms with E-state index in [1.807, 2.05) is 54.0 Å². The molecule has 0 N–H and O–H groups in total. The number of rotatable bonds is 3. The van der Waals surface area contributed by atoms with Crippen molar-refractivity contribution in [2.75, 3.05) is 31.1 Å². The third-order valence-corrected chi connectivity index (χ3v) is 6.00. The molecule has 0 atom stereocenters. The second-order valence-corrected chi connectivity index (χ2v) is 8.38. The molecule has 1 fully saturated rings. The molecule has 4 aromatic rings. The first-order chi connectivity index (χ1) is 14.5. The van der Waals surface area contributed by atoms with Crippen molar-refractivity contribution >= 4 is 22.3 Å². The number of aromatic nitrogens is 2. The molecule has 3 aromatic heterocycles. The molecular formula is C24H26N4O2. The highest BCUT2D eigenvalue weighted by molar-refractivity contribution is 5.84. The molecule has 6 nitrogen and oxygen atoms in total. The number of aryl methyl sites for hydroxylation is 1. The van der Waals surface area contributed by atoms with Gasteiger partial charge in [-0.3, -0.25) is 4.90 Å². The van der Waals surface area contributed by atoms with Crippen LogP contribution in [0, 0.1) is 6.92 Å². The maximum absolute atomic E-state index is 12.7. The van der Waals surface area contributed by atoms with Gasteiger partial charge in [0.05, 0.1) is 11.3 Å². The molecule has 154 valence electrons. The molecule has 5 rings (SSSR count). The average Bonchev–Trinajstić information content (AvgIpc) is 3.15. The van der Waals surface area contributed by atoms with Crippen LogP contribution in [-0.2, 0) is 0 Å². The predicted octanol–water partition coefficient (Wildman–Crippen LogP) is 3.95. The van der Waals surface area contributed by atoms with Gasteiger partial charge in [0.1, 0.15) is 11.2 Å². The number of fused-ring (bicyclic) bond motifs is 2. The van der Waals surface area contributed by atoms with E-state index in [4.69, 9.17) is 4.42 Å². The number of imidazole rings is 1. The van der Waals surface area contributed by atoms with Crippen molar-refractivity contribution in [1.82, 2.24) is 14.3 Å². The zero-order valence-corrected chi connectivity index (χ0v) is 17.6. The average molecular weight is 402 g/mol. The first-order valence-electron chi connectivity index (χ1n) is 10.5. The molecule has 0 spiro atoms. The maximum atomic E-state index is 12.7. The molecule has 0 saturated carbocycles. The summed E-state index contributed by atoms with van der Waals surface area (Å²) in [6.07, 6.45) is 3.88. The number of hydrogen-bond acceptors (Lipinski definition) is 5. The summed E-state index contributed by atoms with van der Waals surface area (Å²) in [5.41, 5.74) is 4.43. The maximum Gasteiger partial charge on any atom is 0.345 e. The van der Waals surface area contributed by atoms with Crippen LogP contribution >= 0.6 is 0 Å². The summed E-state index contributed by atoms with van der Waals surface area (Å²) in [7, 11) is 0. The van der Waals surface area contributed by atoms with Gasteiger partial charge in [0, 0.05) is 61.8 Å². The topological polar surface area (TPSA) is 54.0 Å². The number of nitrogens with zero attached hydrogens (tertiary/aromatic N) is 4. The highest BCUT2D eigenvalue weighted by Crippen LogP contribution is 2.26. The smallest absolute Gasteiger partial charge is 0.345 e. The standard InChI is InChI=1S/C24H26N4O2/c1-16(2)26-8-10-27(11-9-26)19-6-5-18-12-20(24(29)30-22(18)13-19)21-15-28-14-17(3)4-7-23(28)25-21/h4-7,12-16H,8-11H2,1-3H3. The van der Waals surface area contributed by atoms with Crippen molar-refractivity contribution in [1.29, 1.82) is 0 Å². The fourth-order valence-corrected chi connectivity index (χ4v) is 4.20. The molecule has 30 heavy (non-hydrogen) atoms. The van der Waals surface area contributed by atoms with E-state index in [9.17, 15) is 4.79 Å². The first-order valence-corrected chi connectivity index (χ1v) is 10.5. The molecule has 1 aromatic carbocycles. The van der Waals surface area contributed by atoms with Gasteiger partial charge in [0.25, 0.3) is 0 Å². The molecule has 0 aliphatic carbocycles. The second-order valence-electron chi connectivity index (χ2n) is 8.38. The van der Waals surface area contributed by atoms with Gasteiger partial charge in [-0.05, 0) is 50.6 Å². The quantitative estimate of drug-likeness (QED) is 0.486. The molecule has 0 bridgehead atoms. The summed E-state index contributed by atoms with van der Waals surface area (Å²) in [5.74, 6) is 0. The van der Waals surface area contributed by atoms with Gasteiger partial charge in [0.15, 0.2) is 0 Å². The number of pyridine rings is 1. The van der Waals surface area contributed by atoms with E-state index in [2.05, 4.69) is 34.7 Å². The number of hydrogen-bond donors (Lipinski definition) is 0. The van der Waals surface area contributed by atoms with E-state index in [0.717, 1.165) is 48.5 Å². The molecule has 1 saturated heterocycles. The van der Waals surface area contributed by atoms with Gasteiger partial charge in [-0.25, -0.2) is 9.78 Å². The lowest BCUT2D eigenvalue weighted by Crippen LogP contribution is -2.48. The Bertz CT molecular complexity index is 1280. The van der Waals surface area contributed by atoms with E-state index in [1.165, 1.54) is 0 Å². The van der Waals surface area contributed by atoms with Crippen LogP contribution < -0.4 is 10.5 Å². The lowest BCUT2D eigenvalue weighted by molar-refractivity contribution is 0.209. The SMILES string of the molecule is Cc1ccc2nc(-c3cc4ccc(N5CCN(C(C)C)CC5)cc4oc3=O)cn2c1. The number of anilines is 1. The van der Waals surface area contributed by atoms with Gasteiger partial charge in [-0.1, -0.05) is 6.07 Å². The molecule has 0 unspecified atom stereocenters. The Morgan fingerprint density at radius 3 is 2.57 bits per heavy atom. The van der Waals surface area contributed by atoms with Crippen molar-refractivity contribution in [2.45, 2.75) is 26.8 Å². The second kappa shape index (κ2) is 7.29. The monoisotopic (exact) mass is 402 g/mol. The van der Waals surface area contributed by atoms with E-state index < -0.39 is 0 Å². The third kappa shape index (κ3) is 3.37. The zero-order chi connectivity index (χ0) is 20.8. The summed E-state index contributed by atoms with van der Waals surface area (Å²) in [6.45, 7) is 10.6. The zero-order valence-electron chi connectivity index (χ0n) is 17.6. The Balaban J connectivity index is 1.47. The largest absolute Gasteiger partial charge is 0.422 e. The normalized spacial score (nSPS) is 15.5. The minimum absolute atomic E-state index is 0.357. The summed E-state index contributed by atoms with van der Waals surface area (Å²) in [4.78, 5) is 22.2. The lowest BCUT2D eigenvalue weighted by atomic mass is 10.1. The summed E-state index contributed by atoms with van der Waals surface area (Å²) in [5, 5.41) is 0.905. The van der Waals surface area contributed by atoms with E-state index in [1.54, 1.807) is 0 Å². The van der Waals surface area contributed by atoms with Gasteiger partial charge >= 0.3 is 5.63 Å². The van der Waals surface area contributed by atoms with Gasteiger partial charge in [0.2, 0.25) is 0 Å². The van der Waals surface area contributed by atoms with Crippen LogP contribution in [0.5, 0.6) is 0 Å². The fourth-order valence-electron chi connectivity index (χ4n) is 4.20. The highest BCUT2D eigenvalue weighted by atomic mass is 16.4. The van der Waals surface area contributed by atoms with Crippen LogP contribution in [0.25, 0.3) is 27.9 Å². The molecule has 0 amide bonds. The Morgan fingerprint density at radius 1 is 1.00 bits per heavy atom. The highest BCUT2D eigenvalue weighted by Gasteiger charge is 2.20. The number of benzene rings is 1. The third-order valence-electron chi connectivity index (χ3n) is 6.00. The molecule has 1 aliphatic heterocycles. The Kier molecular flexibility index (Phi) is 4.59. The van der Waals surface area contributed by atoms with Gasteiger partial charge in [-0.15, -0.1) is 0 Å². The fraction of sp³-hybridized carbons (Fsp3) is 0.333. The van der Waals surface area contributed by atoms with Crippen molar-refractivity contribution in [3.8, 4) is 11.3 Å². The van der Waals surface area contributed by atoms with Crippen LogP contribution in [-0.4, -0.2) is 46.5 Å². The van der Waals surface area contributed by atoms with Gasteiger partial charge in [-0.2, -0.15) is 0 Å². The minimum Gasteiger partial charge on any atom is -0.422 e. The molecule has 0 radical (unpaired) electrons. The predicted molar refractivity (Wildman–Crippen MR) is 120 cm³/mol. The van der Waals surface area contributed by atoms with E-state index in [0.29, 0.717) is 22.9 Å². The molecular weight excluding hydrogens is 376 g/mol. The number of piperazine rings is 1. The first kappa shape index (κ1) is 18.9. The molecule has 4 heterocycles. The van der Waals surface area contributed by atoms with Crippen LogP contribution in [0.4, 0.5) is 5.69 Å². The Labute approximate surface area is 175 Å². The summed E-state index contributed by atoms with van der Waals surface area (Å²) >= 11 is 0. The van der Waals surface area contributed by atoms with Crippen molar-refractivity contribution < 1.29 is 4.42 Å². The minimum atomic E-state index is -0.357. The Hall–Kier alpha value is -3.12. The van der Waals surface area contributed by atoms with E-state index in [-0.39, 0.29) is 5.63 Å². The van der Waals surface area contributed by atoms with Crippen LogP contribution in [0.15, 0.2) is 58.0 Å².